The molecule has 1 unspecified atom stereocenters. The molecule has 110 valence electrons. The third-order valence-electron chi connectivity index (χ3n) is 3.77. The van der Waals surface area contributed by atoms with Crippen molar-refractivity contribution in [3.8, 4) is 0 Å². The summed E-state index contributed by atoms with van der Waals surface area (Å²) in [6.45, 7) is 2.69. The number of hydrogen-bond donors (Lipinski definition) is 0. The number of ether oxygens (including phenoxy) is 1. The predicted molar refractivity (Wildman–Crippen MR) is 81.8 cm³/mol. The maximum absolute atomic E-state index is 13.9. The number of benzene rings is 2. The second kappa shape index (κ2) is 6.56. The summed E-state index contributed by atoms with van der Waals surface area (Å²) in [7, 11) is 0. The van der Waals surface area contributed by atoms with Crippen LogP contribution >= 0.6 is 11.6 Å². The standard InChI is InChI=1S/C17H17ClFNO/c18-15-7-4-8-16(19)14(15)11-20-9-10-21-17(12-20)13-5-2-1-3-6-13/h1-8,17H,9-12H2. The van der Waals surface area contributed by atoms with Gasteiger partial charge in [0.15, 0.2) is 0 Å². The van der Waals surface area contributed by atoms with Gasteiger partial charge in [-0.25, -0.2) is 4.39 Å². The molecular weight excluding hydrogens is 289 g/mol. The Kier molecular flexibility index (Phi) is 4.54. The second-order valence-corrected chi connectivity index (χ2v) is 5.61. The van der Waals surface area contributed by atoms with Crippen molar-refractivity contribution in [1.82, 2.24) is 4.90 Å². The van der Waals surface area contributed by atoms with Crippen LogP contribution in [0.4, 0.5) is 4.39 Å². The molecule has 0 saturated carbocycles. The third-order valence-corrected chi connectivity index (χ3v) is 4.12. The van der Waals surface area contributed by atoms with Crippen molar-refractivity contribution in [2.24, 2.45) is 0 Å². The minimum atomic E-state index is -0.245. The van der Waals surface area contributed by atoms with E-state index in [2.05, 4.69) is 17.0 Å². The molecule has 1 fully saturated rings. The first kappa shape index (κ1) is 14.5. The van der Waals surface area contributed by atoms with E-state index >= 15 is 0 Å². The topological polar surface area (TPSA) is 12.5 Å². The van der Waals surface area contributed by atoms with Crippen LogP contribution in [0, 0.1) is 5.82 Å². The van der Waals surface area contributed by atoms with Crippen LogP contribution < -0.4 is 0 Å². The van der Waals surface area contributed by atoms with Crippen LogP contribution in [0.15, 0.2) is 48.5 Å². The summed E-state index contributed by atoms with van der Waals surface area (Å²) < 4.78 is 19.7. The van der Waals surface area contributed by atoms with Gasteiger partial charge in [-0.05, 0) is 17.7 Å². The van der Waals surface area contributed by atoms with Gasteiger partial charge in [-0.3, -0.25) is 4.90 Å². The molecule has 0 aromatic heterocycles. The number of hydrogen-bond acceptors (Lipinski definition) is 2. The fourth-order valence-electron chi connectivity index (χ4n) is 2.62. The van der Waals surface area contributed by atoms with E-state index in [9.17, 15) is 4.39 Å². The molecule has 21 heavy (non-hydrogen) atoms. The van der Waals surface area contributed by atoms with Crippen molar-refractivity contribution in [2.75, 3.05) is 19.7 Å². The highest BCUT2D eigenvalue weighted by atomic mass is 35.5. The average molecular weight is 306 g/mol. The summed E-state index contributed by atoms with van der Waals surface area (Å²) in [6, 6.07) is 14.9. The Bertz CT molecular complexity index is 585. The SMILES string of the molecule is Fc1cccc(Cl)c1CN1CCOC(c2ccccc2)C1. The Morgan fingerprint density at radius 1 is 1.14 bits per heavy atom. The van der Waals surface area contributed by atoms with Crippen molar-refractivity contribution < 1.29 is 9.13 Å². The summed E-state index contributed by atoms with van der Waals surface area (Å²) in [5.41, 5.74) is 1.72. The first-order valence-corrected chi connectivity index (χ1v) is 7.43. The van der Waals surface area contributed by atoms with Crippen LogP contribution in [-0.2, 0) is 11.3 Å². The zero-order valence-electron chi connectivity index (χ0n) is 11.6. The quantitative estimate of drug-likeness (QED) is 0.848. The van der Waals surface area contributed by atoms with E-state index in [4.69, 9.17) is 16.3 Å². The lowest BCUT2D eigenvalue weighted by atomic mass is 10.1. The van der Waals surface area contributed by atoms with E-state index in [1.165, 1.54) is 6.07 Å². The molecule has 1 aliphatic heterocycles. The summed E-state index contributed by atoms with van der Waals surface area (Å²) >= 11 is 6.10. The van der Waals surface area contributed by atoms with Gasteiger partial charge in [0.05, 0.1) is 12.7 Å². The molecule has 0 bridgehead atoms. The molecule has 2 nitrogen and oxygen atoms in total. The Morgan fingerprint density at radius 3 is 2.71 bits per heavy atom. The lowest BCUT2D eigenvalue weighted by molar-refractivity contribution is -0.0332. The summed E-state index contributed by atoms with van der Waals surface area (Å²) in [4.78, 5) is 2.19. The molecule has 3 rings (SSSR count). The molecule has 0 amide bonds. The van der Waals surface area contributed by atoms with Gasteiger partial charge in [0.2, 0.25) is 0 Å². The molecule has 4 heteroatoms. The van der Waals surface area contributed by atoms with Crippen molar-refractivity contribution >= 4 is 11.6 Å². The fourth-order valence-corrected chi connectivity index (χ4v) is 2.85. The van der Waals surface area contributed by atoms with Crippen LogP contribution in [0.5, 0.6) is 0 Å². The van der Waals surface area contributed by atoms with E-state index < -0.39 is 0 Å². The minimum Gasteiger partial charge on any atom is -0.371 e. The molecule has 0 aliphatic carbocycles. The van der Waals surface area contributed by atoms with Crippen LogP contribution in [0.2, 0.25) is 5.02 Å². The maximum atomic E-state index is 13.9. The lowest BCUT2D eigenvalue weighted by Gasteiger charge is -2.33. The summed E-state index contributed by atoms with van der Waals surface area (Å²) in [6.07, 6.45) is 0.0329. The van der Waals surface area contributed by atoms with E-state index in [0.717, 1.165) is 18.7 Å². The van der Waals surface area contributed by atoms with Gasteiger partial charge >= 0.3 is 0 Å². The fraction of sp³-hybridized carbons (Fsp3) is 0.294. The molecule has 1 aliphatic rings. The minimum absolute atomic E-state index is 0.0329. The predicted octanol–water partition coefficient (Wildman–Crippen LogP) is 4.05. The lowest BCUT2D eigenvalue weighted by Crippen LogP contribution is -2.38. The molecule has 0 radical (unpaired) electrons. The highest BCUT2D eigenvalue weighted by Gasteiger charge is 2.23. The molecular formula is C17H17ClFNO. The second-order valence-electron chi connectivity index (χ2n) is 5.21. The molecule has 0 spiro atoms. The van der Waals surface area contributed by atoms with Crippen LogP contribution in [-0.4, -0.2) is 24.6 Å². The Morgan fingerprint density at radius 2 is 1.95 bits per heavy atom. The molecule has 1 atom stereocenters. The zero-order valence-corrected chi connectivity index (χ0v) is 12.4. The Labute approximate surface area is 129 Å². The monoisotopic (exact) mass is 305 g/mol. The van der Waals surface area contributed by atoms with Gasteiger partial charge in [0.1, 0.15) is 5.82 Å². The van der Waals surface area contributed by atoms with Crippen molar-refractivity contribution in [2.45, 2.75) is 12.6 Å². The third kappa shape index (κ3) is 3.43. The Balaban J connectivity index is 1.72. The zero-order chi connectivity index (χ0) is 14.7. The number of halogens is 2. The van der Waals surface area contributed by atoms with Crippen LogP contribution in [0.25, 0.3) is 0 Å². The highest BCUT2D eigenvalue weighted by molar-refractivity contribution is 6.31. The Hall–Kier alpha value is -1.42. The van der Waals surface area contributed by atoms with Gasteiger partial charge in [0, 0.05) is 30.2 Å². The van der Waals surface area contributed by atoms with Crippen LogP contribution in [0.3, 0.4) is 0 Å². The van der Waals surface area contributed by atoms with Crippen molar-refractivity contribution in [3.05, 3.63) is 70.5 Å². The average Bonchev–Trinajstić information content (AvgIpc) is 2.52. The largest absolute Gasteiger partial charge is 0.371 e. The van der Waals surface area contributed by atoms with Gasteiger partial charge in [0.25, 0.3) is 0 Å². The molecule has 2 aromatic rings. The molecule has 1 saturated heterocycles. The van der Waals surface area contributed by atoms with Gasteiger partial charge < -0.3 is 4.74 Å². The van der Waals surface area contributed by atoms with E-state index in [0.29, 0.717) is 23.7 Å². The van der Waals surface area contributed by atoms with E-state index in [-0.39, 0.29) is 11.9 Å². The van der Waals surface area contributed by atoms with Crippen LogP contribution in [0.1, 0.15) is 17.2 Å². The van der Waals surface area contributed by atoms with Crippen molar-refractivity contribution in [1.29, 1.82) is 0 Å². The van der Waals surface area contributed by atoms with Gasteiger partial charge in [-0.2, -0.15) is 0 Å². The van der Waals surface area contributed by atoms with Crippen molar-refractivity contribution in [3.63, 3.8) is 0 Å². The molecule has 2 aromatic carbocycles. The normalized spacial score (nSPS) is 19.6. The van der Waals surface area contributed by atoms with Gasteiger partial charge in [-0.1, -0.05) is 48.0 Å². The number of rotatable bonds is 3. The van der Waals surface area contributed by atoms with Gasteiger partial charge in [-0.15, -0.1) is 0 Å². The summed E-state index contributed by atoms with van der Waals surface area (Å²) in [5.74, 6) is -0.245. The first-order chi connectivity index (χ1) is 10.2. The molecule has 0 N–H and O–H groups in total. The first-order valence-electron chi connectivity index (χ1n) is 7.06. The summed E-state index contributed by atoms with van der Waals surface area (Å²) in [5, 5.41) is 0.484. The highest BCUT2D eigenvalue weighted by Crippen LogP contribution is 2.26. The van der Waals surface area contributed by atoms with E-state index in [1.807, 2.05) is 18.2 Å². The maximum Gasteiger partial charge on any atom is 0.129 e. The smallest absolute Gasteiger partial charge is 0.129 e. The number of nitrogens with zero attached hydrogens (tertiary/aromatic N) is 1. The number of morpholine rings is 1. The van der Waals surface area contributed by atoms with E-state index in [1.54, 1.807) is 12.1 Å². The molecule has 1 heterocycles.